The number of hydrazone groups is 1. The number of carbonyl (C=O) groups excluding carboxylic acids is 1. The van der Waals surface area contributed by atoms with Crippen LogP contribution < -0.4 is 16.3 Å². The van der Waals surface area contributed by atoms with Crippen molar-refractivity contribution in [1.82, 2.24) is 21.3 Å². The minimum atomic E-state index is -0.338. The van der Waals surface area contributed by atoms with Gasteiger partial charge in [0.15, 0.2) is 0 Å². The van der Waals surface area contributed by atoms with E-state index in [2.05, 4.69) is 26.4 Å². The van der Waals surface area contributed by atoms with Gasteiger partial charge in [-0.1, -0.05) is 11.6 Å². The van der Waals surface area contributed by atoms with E-state index in [1.54, 1.807) is 12.4 Å². The van der Waals surface area contributed by atoms with Crippen LogP contribution in [0.25, 0.3) is 0 Å². The van der Waals surface area contributed by atoms with Gasteiger partial charge in [-0.2, -0.15) is 5.10 Å². The maximum atomic E-state index is 12.2. The second-order valence-electron chi connectivity index (χ2n) is 5.18. The van der Waals surface area contributed by atoms with Crippen LogP contribution in [0.2, 0.25) is 4.34 Å². The molecule has 8 heteroatoms. The number of nitrogens with zero attached hydrogens (tertiary/aromatic N) is 2. The third-order valence-electron chi connectivity index (χ3n) is 3.59. The lowest BCUT2D eigenvalue weighted by Gasteiger charge is -2.08. The normalized spacial score (nSPS) is 21.4. The first-order chi connectivity index (χ1) is 11.1. The van der Waals surface area contributed by atoms with E-state index in [1.807, 2.05) is 31.2 Å². The summed E-state index contributed by atoms with van der Waals surface area (Å²) in [4.78, 5) is 17.3. The molecule has 1 fully saturated rings. The van der Waals surface area contributed by atoms with Crippen LogP contribution in [0.15, 0.2) is 41.8 Å². The number of nitrogens with one attached hydrogen (secondary N) is 3. The average Bonchev–Trinajstić information content (AvgIpc) is 3.22. The molecule has 23 heavy (non-hydrogen) atoms. The van der Waals surface area contributed by atoms with E-state index < -0.39 is 0 Å². The zero-order chi connectivity index (χ0) is 16.2. The van der Waals surface area contributed by atoms with Crippen LogP contribution in [0.4, 0.5) is 0 Å². The van der Waals surface area contributed by atoms with E-state index in [9.17, 15) is 4.79 Å². The molecule has 0 aliphatic carbocycles. The number of hydrogen-bond donors (Lipinski definition) is 3. The second-order valence-corrected chi connectivity index (χ2v) is 6.93. The number of pyridine rings is 1. The monoisotopic (exact) mass is 349 g/mol. The summed E-state index contributed by atoms with van der Waals surface area (Å²) < 4.78 is 0.743. The molecule has 2 aromatic rings. The SMILES string of the molecule is C/C(=N\NC(=O)C1CC(c2ccc(Cl)s2)NN1)c1ccncc1. The molecule has 3 rings (SSSR count). The summed E-state index contributed by atoms with van der Waals surface area (Å²) in [7, 11) is 0. The van der Waals surface area contributed by atoms with Gasteiger partial charge in [0, 0.05) is 22.8 Å². The van der Waals surface area contributed by atoms with Gasteiger partial charge in [-0.15, -0.1) is 11.3 Å². The standard InChI is InChI=1S/C15H16ClN5OS/c1-9(10-4-6-17-7-5-10)18-21-15(22)12-8-11(19-20-12)13-2-3-14(16)23-13/h2-7,11-12,19-20H,8H2,1H3,(H,21,22)/b18-9+. The Morgan fingerprint density at radius 1 is 1.35 bits per heavy atom. The Morgan fingerprint density at radius 2 is 2.13 bits per heavy atom. The lowest BCUT2D eigenvalue weighted by Crippen LogP contribution is -2.41. The first kappa shape index (κ1) is 16.1. The fraction of sp³-hybridized carbons (Fsp3) is 0.267. The van der Waals surface area contributed by atoms with Crippen LogP contribution in [-0.4, -0.2) is 22.6 Å². The molecule has 1 aliphatic rings. The van der Waals surface area contributed by atoms with E-state index in [-0.39, 0.29) is 18.0 Å². The number of halogens is 1. The van der Waals surface area contributed by atoms with Crippen LogP contribution in [-0.2, 0) is 4.79 Å². The summed E-state index contributed by atoms with van der Waals surface area (Å²) in [6.07, 6.45) is 4.03. The van der Waals surface area contributed by atoms with E-state index in [0.29, 0.717) is 6.42 Å². The van der Waals surface area contributed by atoms with Crippen molar-refractivity contribution >= 4 is 34.6 Å². The van der Waals surface area contributed by atoms with Gasteiger partial charge in [0.05, 0.1) is 16.1 Å². The lowest BCUT2D eigenvalue weighted by molar-refractivity contribution is -0.122. The minimum Gasteiger partial charge on any atom is -0.271 e. The number of thiophene rings is 1. The summed E-state index contributed by atoms with van der Waals surface area (Å²) in [6, 6.07) is 7.26. The summed E-state index contributed by atoms with van der Waals surface area (Å²) in [5.41, 5.74) is 10.4. The molecule has 3 N–H and O–H groups in total. The number of amides is 1. The highest BCUT2D eigenvalue weighted by atomic mass is 35.5. The number of rotatable bonds is 4. The van der Waals surface area contributed by atoms with Crippen molar-refractivity contribution < 1.29 is 4.79 Å². The molecule has 120 valence electrons. The fourth-order valence-corrected chi connectivity index (χ4v) is 3.43. The van der Waals surface area contributed by atoms with Gasteiger partial charge in [-0.05, 0) is 37.6 Å². The molecule has 3 heterocycles. The molecule has 0 bridgehead atoms. The van der Waals surface area contributed by atoms with Crippen LogP contribution in [0, 0.1) is 0 Å². The Kier molecular flexibility index (Phi) is 5.02. The largest absolute Gasteiger partial charge is 0.271 e. The molecule has 2 unspecified atom stereocenters. The molecule has 0 radical (unpaired) electrons. The molecule has 0 spiro atoms. The Balaban J connectivity index is 1.57. The topological polar surface area (TPSA) is 78.4 Å². The number of hydrazine groups is 1. The van der Waals surface area contributed by atoms with Crippen molar-refractivity contribution in [3.63, 3.8) is 0 Å². The number of aromatic nitrogens is 1. The predicted octanol–water partition coefficient (Wildman–Crippen LogP) is 2.24. The second kappa shape index (κ2) is 7.18. The van der Waals surface area contributed by atoms with Crippen molar-refractivity contribution in [3.05, 3.63) is 51.4 Å². The average molecular weight is 350 g/mol. The lowest BCUT2D eigenvalue weighted by atomic mass is 10.1. The molecule has 2 atom stereocenters. The quantitative estimate of drug-likeness (QED) is 0.584. The molecule has 1 amide bonds. The molecule has 6 nitrogen and oxygen atoms in total. The molecule has 2 aromatic heterocycles. The third kappa shape index (κ3) is 3.94. The van der Waals surface area contributed by atoms with Crippen molar-refractivity contribution in [2.24, 2.45) is 5.10 Å². The predicted molar refractivity (Wildman–Crippen MR) is 91.3 cm³/mol. The van der Waals surface area contributed by atoms with Crippen LogP contribution in [0.1, 0.15) is 29.8 Å². The van der Waals surface area contributed by atoms with Gasteiger partial charge in [-0.25, -0.2) is 16.3 Å². The van der Waals surface area contributed by atoms with E-state index in [1.165, 1.54) is 11.3 Å². The smallest absolute Gasteiger partial charge is 0.258 e. The van der Waals surface area contributed by atoms with Gasteiger partial charge in [-0.3, -0.25) is 9.78 Å². The first-order valence-electron chi connectivity index (χ1n) is 7.14. The van der Waals surface area contributed by atoms with Gasteiger partial charge in [0.2, 0.25) is 0 Å². The molecular weight excluding hydrogens is 334 g/mol. The maximum Gasteiger partial charge on any atom is 0.258 e. The van der Waals surface area contributed by atoms with E-state index >= 15 is 0 Å². The van der Waals surface area contributed by atoms with Crippen LogP contribution in [0.5, 0.6) is 0 Å². The zero-order valence-corrected chi connectivity index (χ0v) is 14.0. The molecule has 0 saturated carbocycles. The van der Waals surface area contributed by atoms with Gasteiger partial charge in [0.1, 0.15) is 6.04 Å². The van der Waals surface area contributed by atoms with Crippen LogP contribution >= 0.6 is 22.9 Å². The van der Waals surface area contributed by atoms with E-state index in [0.717, 1.165) is 20.5 Å². The molecule has 1 aliphatic heterocycles. The molecule has 0 aromatic carbocycles. The highest BCUT2D eigenvalue weighted by Crippen LogP contribution is 2.31. The Morgan fingerprint density at radius 3 is 2.83 bits per heavy atom. The van der Waals surface area contributed by atoms with Gasteiger partial charge in [0.25, 0.3) is 5.91 Å². The van der Waals surface area contributed by atoms with Crippen molar-refractivity contribution in [2.45, 2.75) is 25.4 Å². The van der Waals surface area contributed by atoms with Crippen molar-refractivity contribution in [1.29, 1.82) is 0 Å². The Labute approximate surface area is 142 Å². The summed E-state index contributed by atoms with van der Waals surface area (Å²) in [6.45, 7) is 1.84. The minimum absolute atomic E-state index is 0.0773. The fourth-order valence-electron chi connectivity index (χ4n) is 2.30. The Hall–Kier alpha value is -1.80. The molecular formula is C15H16ClN5OS. The van der Waals surface area contributed by atoms with Crippen LogP contribution in [0.3, 0.4) is 0 Å². The number of hydrogen-bond acceptors (Lipinski definition) is 6. The highest BCUT2D eigenvalue weighted by molar-refractivity contribution is 7.16. The number of carbonyl (C=O) groups is 1. The van der Waals surface area contributed by atoms with Crippen molar-refractivity contribution in [3.8, 4) is 0 Å². The molecule has 1 saturated heterocycles. The summed E-state index contributed by atoms with van der Waals surface area (Å²) >= 11 is 7.46. The summed E-state index contributed by atoms with van der Waals surface area (Å²) in [5.74, 6) is -0.170. The first-order valence-corrected chi connectivity index (χ1v) is 8.34. The van der Waals surface area contributed by atoms with E-state index in [4.69, 9.17) is 11.6 Å². The zero-order valence-electron chi connectivity index (χ0n) is 12.4. The maximum absolute atomic E-state index is 12.2. The third-order valence-corrected chi connectivity index (χ3v) is 4.93. The Bertz CT molecular complexity index is 718. The van der Waals surface area contributed by atoms with Gasteiger partial charge >= 0.3 is 0 Å². The van der Waals surface area contributed by atoms with Gasteiger partial charge < -0.3 is 0 Å². The summed E-state index contributed by atoms with van der Waals surface area (Å²) in [5, 5.41) is 4.14. The van der Waals surface area contributed by atoms with Crippen molar-refractivity contribution in [2.75, 3.05) is 0 Å². The highest BCUT2D eigenvalue weighted by Gasteiger charge is 2.30.